The number of hydrogen-bond acceptors (Lipinski definition) is 1. The Morgan fingerprint density at radius 2 is 1.71 bits per heavy atom. The van der Waals surface area contributed by atoms with Crippen LogP contribution in [0.4, 0.5) is 0 Å². The first-order chi connectivity index (χ1) is 3.33. The van der Waals surface area contributed by atoms with Gasteiger partial charge in [0.05, 0.1) is 0 Å². The largest absolute Gasteiger partial charge is 0.169 e. The van der Waals surface area contributed by atoms with E-state index in [-0.39, 0.29) is 0 Å². The second-order valence-corrected chi connectivity index (χ2v) is 1.92. The van der Waals surface area contributed by atoms with Crippen molar-refractivity contribution in [2.45, 2.75) is 13.3 Å². The highest BCUT2D eigenvalue weighted by Crippen LogP contribution is 1.70. The topological polar surface area (TPSA) is 0 Å². The van der Waals surface area contributed by atoms with Gasteiger partial charge in [0.2, 0.25) is 0 Å². The molecule has 0 saturated heterocycles. The van der Waals surface area contributed by atoms with Crippen LogP contribution in [0.2, 0.25) is 0 Å². The van der Waals surface area contributed by atoms with E-state index >= 15 is 0 Å². The van der Waals surface area contributed by atoms with Crippen molar-refractivity contribution in [3.8, 4) is 0 Å². The van der Waals surface area contributed by atoms with E-state index in [0.29, 0.717) is 0 Å². The minimum Gasteiger partial charge on any atom is -0.169 e. The minimum atomic E-state index is 1.08. The van der Waals surface area contributed by atoms with Gasteiger partial charge in [0.25, 0.3) is 0 Å². The molecule has 0 aromatic carbocycles. The first-order valence-corrected chi connectivity index (χ1v) is 3.97. The molecule has 0 aliphatic rings. The van der Waals surface area contributed by atoms with Crippen LogP contribution in [0.1, 0.15) is 13.3 Å². The average molecular weight is 118 g/mol. The molecule has 0 unspecified atom stereocenters. The van der Waals surface area contributed by atoms with Crippen LogP contribution in [-0.2, 0) is 0 Å². The zero-order valence-electron chi connectivity index (χ0n) is 5.40. The monoisotopic (exact) mass is 118 g/mol. The summed E-state index contributed by atoms with van der Waals surface area (Å²) in [5, 5.41) is 0. The lowest BCUT2D eigenvalue weighted by molar-refractivity contribution is 1.23. The summed E-state index contributed by atoms with van der Waals surface area (Å²) in [5.41, 5.74) is 0. The zero-order chi connectivity index (χ0) is 6.12. The van der Waals surface area contributed by atoms with Crippen LogP contribution in [0, 0.1) is 0 Å². The van der Waals surface area contributed by atoms with Gasteiger partial charge in [0.1, 0.15) is 0 Å². The predicted molar refractivity (Wildman–Crippen MR) is 39.9 cm³/mol. The summed E-state index contributed by atoms with van der Waals surface area (Å²) in [6, 6.07) is 0. The van der Waals surface area contributed by atoms with Crippen LogP contribution >= 0.6 is 11.8 Å². The van der Waals surface area contributed by atoms with E-state index < -0.39 is 0 Å². The molecule has 0 radical (unpaired) electrons. The number of hydrogen-bond donors (Lipinski definition) is 0. The van der Waals surface area contributed by atoms with Crippen LogP contribution in [-0.4, -0.2) is 12.5 Å². The Hall–Kier alpha value is 0.0900. The van der Waals surface area contributed by atoms with Crippen LogP contribution in [0.3, 0.4) is 0 Å². The van der Waals surface area contributed by atoms with Crippen molar-refractivity contribution in [3.63, 3.8) is 0 Å². The Balaban J connectivity index is 0. The Bertz CT molecular complexity index is 25.4. The van der Waals surface area contributed by atoms with Crippen molar-refractivity contribution < 1.29 is 0 Å². The molecule has 44 valence electrons. The Kier molecular flexibility index (Phi) is 24.0. The number of thioether (sulfide) groups is 1. The summed E-state index contributed by atoms with van der Waals surface area (Å²) in [5.74, 6) is 0. The van der Waals surface area contributed by atoms with Gasteiger partial charge in [-0.3, -0.25) is 0 Å². The molecule has 7 heavy (non-hydrogen) atoms. The number of rotatable bonds is 1. The van der Waals surface area contributed by atoms with Crippen molar-refractivity contribution >= 4 is 11.8 Å². The second kappa shape index (κ2) is 16.5. The maximum Gasteiger partial charge on any atom is -0.0187 e. The summed E-state index contributed by atoms with van der Waals surface area (Å²) in [6.07, 6.45) is 7.04. The molecule has 0 aliphatic heterocycles. The first-order valence-electron chi connectivity index (χ1n) is 2.34. The van der Waals surface area contributed by atoms with Crippen molar-refractivity contribution in [1.29, 1.82) is 0 Å². The molecule has 0 aromatic heterocycles. The fourth-order valence-electron chi connectivity index (χ4n) is 0. The van der Waals surface area contributed by atoms with Gasteiger partial charge in [-0.25, -0.2) is 0 Å². The molecular weight excluding hydrogens is 104 g/mol. The Labute approximate surface area is 51.0 Å². The third kappa shape index (κ3) is 85.7. The summed E-state index contributed by atoms with van der Waals surface area (Å²) in [7, 11) is 0. The lowest BCUT2D eigenvalue weighted by Gasteiger charge is -1.57. The van der Waals surface area contributed by atoms with Crippen molar-refractivity contribution in [3.05, 3.63) is 12.7 Å². The molecule has 0 saturated carbocycles. The van der Waals surface area contributed by atoms with Crippen molar-refractivity contribution in [1.82, 2.24) is 0 Å². The molecule has 0 N–H and O–H groups in total. The molecule has 0 bridgehead atoms. The number of allylic oxidation sites excluding steroid dienone is 1. The molecule has 1 heteroatoms. The van der Waals surface area contributed by atoms with E-state index in [2.05, 4.69) is 13.5 Å². The van der Waals surface area contributed by atoms with Gasteiger partial charge in [-0.2, -0.15) is 11.8 Å². The van der Waals surface area contributed by atoms with E-state index in [4.69, 9.17) is 0 Å². The zero-order valence-corrected chi connectivity index (χ0v) is 6.22. The molecule has 0 rings (SSSR count). The summed E-state index contributed by atoms with van der Waals surface area (Å²) < 4.78 is 0. The molecule has 0 aliphatic carbocycles. The SMILES string of the molecule is C=CCC.CSC. The van der Waals surface area contributed by atoms with E-state index in [1.54, 1.807) is 11.8 Å². The van der Waals surface area contributed by atoms with Gasteiger partial charge in [-0.15, -0.1) is 6.58 Å². The smallest absolute Gasteiger partial charge is 0.0187 e. The fourth-order valence-corrected chi connectivity index (χ4v) is 0. The average Bonchev–Trinajstić information content (AvgIpc) is 1.69. The minimum absolute atomic E-state index is 1.08. The Morgan fingerprint density at radius 1 is 1.57 bits per heavy atom. The molecular formula is C6H14S. The van der Waals surface area contributed by atoms with Crippen LogP contribution in [0.5, 0.6) is 0 Å². The normalized spacial score (nSPS) is 6.14. The fraction of sp³-hybridized carbons (Fsp3) is 0.667. The van der Waals surface area contributed by atoms with Gasteiger partial charge < -0.3 is 0 Å². The van der Waals surface area contributed by atoms with Crippen molar-refractivity contribution in [2.24, 2.45) is 0 Å². The van der Waals surface area contributed by atoms with Crippen LogP contribution in [0.25, 0.3) is 0 Å². The lowest BCUT2D eigenvalue weighted by Crippen LogP contribution is -1.36. The summed E-state index contributed by atoms with van der Waals surface area (Å²) in [6.45, 7) is 5.54. The van der Waals surface area contributed by atoms with Gasteiger partial charge in [0.15, 0.2) is 0 Å². The van der Waals surface area contributed by atoms with Crippen LogP contribution < -0.4 is 0 Å². The van der Waals surface area contributed by atoms with Gasteiger partial charge in [-0.05, 0) is 18.9 Å². The third-order valence-corrected chi connectivity index (χ3v) is 0.289. The van der Waals surface area contributed by atoms with Crippen molar-refractivity contribution in [2.75, 3.05) is 12.5 Å². The molecule has 0 nitrogen and oxygen atoms in total. The summed E-state index contributed by atoms with van der Waals surface area (Å²) in [4.78, 5) is 0. The van der Waals surface area contributed by atoms with E-state index in [1.165, 1.54) is 0 Å². The lowest BCUT2D eigenvalue weighted by atomic mass is 10.5. The maximum absolute atomic E-state index is 3.48. The first kappa shape index (κ1) is 10.1. The quantitative estimate of drug-likeness (QED) is 0.477. The van der Waals surface area contributed by atoms with Gasteiger partial charge in [0, 0.05) is 0 Å². The molecule has 0 spiro atoms. The molecule has 0 amide bonds. The van der Waals surface area contributed by atoms with E-state index in [1.807, 2.05) is 18.6 Å². The third-order valence-electron chi connectivity index (χ3n) is 0.289. The highest BCUT2D eigenvalue weighted by molar-refractivity contribution is 7.97. The second-order valence-electron chi connectivity index (χ2n) is 1.11. The van der Waals surface area contributed by atoms with Gasteiger partial charge in [-0.1, -0.05) is 13.0 Å². The highest BCUT2D eigenvalue weighted by Gasteiger charge is 1.45. The van der Waals surface area contributed by atoms with Gasteiger partial charge >= 0.3 is 0 Å². The maximum atomic E-state index is 3.48. The highest BCUT2D eigenvalue weighted by atomic mass is 32.2. The Morgan fingerprint density at radius 3 is 1.71 bits per heavy atom. The predicted octanol–water partition coefficient (Wildman–Crippen LogP) is 2.56. The molecule has 0 aromatic rings. The van der Waals surface area contributed by atoms with E-state index in [0.717, 1.165) is 6.42 Å². The molecule has 0 fully saturated rings. The van der Waals surface area contributed by atoms with Crippen LogP contribution in [0.15, 0.2) is 12.7 Å². The standard InChI is InChI=1S/C4H8.C2H6S/c1-3-4-2;1-3-2/h3H,1,4H2,2H3;1-2H3. The van der Waals surface area contributed by atoms with E-state index in [9.17, 15) is 0 Å². The molecule has 0 atom stereocenters. The summed E-state index contributed by atoms with van der Waals surface area (Å²) >= 11 is 1.75. The molecule has 0 heterocycles.